The molecule has 9 nitrogen and oxygen atoms in total. The van der Waals surface area contributed by atoms with Crippen LogP contribution in [0.2, 0.25) is 5.02 Å². The second kappa shape index (κ2) is 10.6. The van der Waals surface area contributed by atoms with Gasteiger partial charge in [0.25, 0.3) is 12.3 Å². The van der Waals surface area contributed by atoms with E-state index in [0.29, 0.717) is 62.8 Å². The van der Waals surface area contributed by atoms with E-state index in [-0.39, 0.29) is 17.4 Å². The Morgan fingerprint density at radius 2 is 1.97 bits per heavy atom. The van der Waals surface area contributed by atoms with Gasteiger partial charge in [0.05, 0.1) is 11.1 Å². The maximum Gasteiger partial charge on any atom is 0.272 e. The standard InChI is InChI=1S/C25H26ClF2N7O2/c1-13-17(26)9-15(7-8-35-24-21(14(2)33-35)23(29)31-12-32-24)22(37-11-19(27)28)20(13)16-5-6-18(30-10-16)25(36)34(3)4/h5-6,9-10,12,19H,7-8,11H2,1-4H3,(H2,29,31,32). The zero-order chi connectivity index (χ0) is 26.9. The minimum Gasteiger partial charge on any atom is -0.487 e. The molecule has 3 heterocycles. The smallest absolute Gasteiger partial charge is 0.272 e. The van der Waals surface area contributed by atoms with Crippen molar-refractivity contribution in [2.24, 2.45) is 0 Å². The number of carbonyl (C=O) groups excluding carboxylic acids is 1. The van der Waals surface area contributed by atoms with Crippen molar-refractivity contribution in [1.29, 1.82) is 0 Å². The second-order valence-corrected chi connectivity index (χ2v) is 9.10. The molecule has 0 aliphatic carbocycles. The van der Waals surface area contributed by atoms with Crippen molar-refractivity contribution in [3.05, 3.63) is 58.3 Å². The number of fused-ring (bicyclic) bond motifs is 1. The van der Waals surface area contributed by atoms with E-state index >= 15 is 0 Å². The number of benzene rings is 1. The van der Waals surface area contributed by atoms with E-state index in [2.05, 4.69) is 20.1 Å². The van der Waals surface area contributed by atoms with Gasteiger partial charge in [-0.3, -0.25) is 9.78 Å². The summed E-state index contributed by atoms with van der Waals surface area (Å²) in [5.41, 5.74) is 9.88. The second-order valence-electron chi connectivity index (χ2n) is 8.70. The van der Waals surface area contributed by atoms with Crippen molar-refractivity contribution in [1.82, 2.24) is 29.6 Å². The molecule has 0 bridgehead atoms. The van der Waals surface area contributed by atoms with Crippen molar-refractivity contribution < 1.29 is 18.3 Å². The molecule has 4 rings (SSSR count). The Balaban J connectivity index is 1.76. The van der Waals surface area contributed by atoms with Crippen LogP contribution in [0.3, 0.4) is 0 Å². The van der Waals surface area contributed by atoms with Gasteiger partial charge in [0.15, 0.2) is 5.65 Å². The van der Waals surface area contributed by atoms with E-state index in [0.717, 1.165) is 0 Å². The number of ether oxygens (including phenoxy) is 1. The molecule has 1 aromatic carbocycles. The first kappa shape index (κ1) is 26.2. The molecule has 0 unspecified atom stereocenters. The number of nitrogens with two attached hydrogens (primary N) is 1. The third kappa shape index (κ3) is 5.31. The Morgan fingerprint density at radius 3 is 2.62 bits per heavy atom. The fraction of sp³-hybridized carbons (Fsp3) is 0.320. The molecule has 0 saturated heterocycles. The number of rotatable bonds is 8. The van der Waals surface area contributed by atoms with Crippen molar-refractivity contribution >= 4 is 34.4 Å². The lowest BCUT2D eigenvalue weighted by Crippen LogP contribution is -2.22. The van der Waals surface area contributed by atoms with Crippen LogP contribution >= 0.6 is 11.6 Å². The quantitative estimate of drug-likeness (QED) is 0.361. The van der Waals surface area contributed by atoms with Crippen LogP contribution in [0, 0.1) is 13.8 Å². The number of hydrogen-bond donors (Lipinski definition) is 1. The number of nitrogens with zero attached hydrogens (tertiary/aromatic N) is 6. The highest BCUT2D eigenvalue weighted by Gasteiger charge is 2.21. The lowest BCUT2D eigenvalue weighted by molar-refractivity contribution is 0.0814. The number of hydrogen-bond acceptors (Lipinski definition) is 7. The van der Waals surface area contributed by atoms with Crippen LogP contribution < -0.4 is 10.5 Å². The monoisotopic (exact) mass is 529 g/mol. The molecule has 0 aliphatic rings. The van der Waals surface area contributed by atoms with Gasteiger partial charge in [-0.1, -0.05) is 17.7 Å². The molecular weight excluding hydrogens is 504 g/mol. The number of aromatic nitrogens is 5. The fourth-order valence-electron chi connectivity index (χ4n) is 4.11. The van der Waals surface area contributed by atoms with Crippen molar-refractivity contribution in [3.63, 3.8) is 0 Å². The van der Waals surface area contributed by atoms with Gasteiger partial charge in [-0.25, -0.2) is 23.4 Å². The largest absolute Gasteiger partial charge is 0.487 e. The van der Waals surface area contributed by atoms with Gasteiger partial charge in [0, 0.05) is 43.0 Å². The van der Waals surface area contributed by atoms with Crippen LogP contribution in [0.4, 0.5) is 14.6 Å². The molecule has 0 aliphatic heterocycles. The van der Waals surface area contributed by atoms with Crippen LogP contribution in [0.1, 0.15) is 27.3 Å². The van der Waals surface area contributed by atoms with Gasteiger partial charge < -0.3 is 15.4 Å². The van der Waals surface area contributed by atoms with E-state index in [1.807, 2.05) is 6.92 Å². The predicted molar refractivity (Wildman–Crippen MR) is 137 cm³/mol. The Morgan fingerprint density at radius 1 is 1.22 bits per heavy atom. The normalized spacial score (nSPS) is 11.4. The van der Waals surface area contributed by atoms with Gasteiger partial charge >= 0.3 is 0 Å². The number of aryl methyl sites for hydroxylation is 3. The average molecular weight is 530 g/mol. The fourth-order valence-corrected chi connectivity index (χ4v) is 4.34. The molecule has 2 N–H and O–H groups in total. The number of anilines is 1. The molecule has 3 aromatic heterocycles. The highest BCUT2D eigenvalue weighted by Crippen LogP contribution is 2.40. The van der Waals surface area contributed by atoms with Crippen molar-refractivity contribution in [3.8, 4) is 16.9 Å². The summed E-state index contributed by atoms with van der Waals surface area (Å²) in [6, 6.07) is 4.99. The van der Waals surface area contributed by atoms with E-state index in [1.54, 1.807) is 43.9 Å². The molecule has 0 spiro atoms. The van der Waals surface area contributed by atoms with E-state index in [9.17, 15) is 13.6 Å². The molecular formula is C25H26ClF2N7O2. The number of carbonyl (C=O) groups is 1. The summed E-state index contributed by atoms with van der Waals surface area (Å²) in [7, 11) is 3.26. The Bertz CT molecular complexity index is 1460. The van der Waals surface area contributed by atoms with E-state index in [1.165, 1.54) is 17.4 Å². The highest BCUT2D eigenvalue weighted by atomic mass is 35.5. The molecule has 37 heavy (non-hydrogen) atoms. The van der Waals surface area contributed by atoms with Crippen LogP contribution in [0.5, 0.6) is 5.75 Å². The maximum absolute atomic E-state index is 13.2. The third-order valence-corrected chi connectivity index (χ3v) is 6.30. The number of alkyl halides is 2. The first-order valence-corrected chi connectivity index (χ1v) is 11.8. The topological polar surface area (TPSA) is 112 Å². The average Bonchev–Trinajstić information content (AvgIpc) is 3.19. The highest BCUT2D eigenvalue weighted by molar-refractivity contribution is 6.32. The molecule has 1 amide bonds. The summed E-state index contributed by atoms with van der Waals surface area (Å²) >= 11 is 6.58. The summed E-state index contributed by atoms with van der Waals surface area (Å²) in [5, 5.41) is 5.63. The number of nitrogen functional groups attached to an aromatic ring is 1. The first-order valence-electron chi connectivity index (χ1n) is 11.4. The Hall–Kier alpha value is -3.86. The minimum atomic E-state index is -2.67. The van der Waals surface area contributed by atoms with Crippen LogP contribution in [-0.2, 0) is 13.0 Å². The number of pyridine rings is 1. The lowest BCUT2D eigenvalue weighted by Gasteiger charge is -2.20. The zero-order valence-corrected chi connectivity index (χ0v) is 21.6. The van der Waals surface area contributed by atoms with Gasteiger partial charge in [0.2, 0.25) is 0 Å². The van der Waals surface area contributed by atoms with Gasteiger partial charge in [-0.05, 0) is 43.5 Å². The summed E-state index contributed by atoms with van der Waals surface area (Å²) in [4.78, 5) is 26.3. The molecule has 194 valence electrons. The number of amides is 1. The minimum absolute atomic E-state index is 0.254. The molecule has 0 saturated carbocycles. The Kier molecular flexibility index (Phi) is 7.53. The molecule has 0 atom stereocenters. The van der Waals surface area contributed by atoms with Crippen LogP contribution in [-0.4, -0.2) is 62.7 Å². The Labute approximate surface area is 217 Å². The van der Waals surface area contributed by atoms with Gasteiger partial charge in [-0.15, -0.1) is 0 Å². The molecule has 0 fully saturated rings. The van der Waals surface area contributed by atoms with E-state index in [4.69, 9.17) is 22.1 Å². The maximum atomic E-state index is 13.2. The summed E-state index contributed by atoms with van der Waals surface area (Å²) in [5.74, 6) is 0.354. The van der Waals surface area contributed by atoms with E-state index < -0.39 is 13.0 Å². The van der Waals surface area contributed by atoms with Crippen LogP contribution in [0.15, 0.2) is 30.7 Å². The van der Waals surface area contributed by atoms with Crippen molar-refractivity contribution in [2.75, 3.05) is 26.4 Å². The molecule has 12 heteroatoms. The number of halogens is 3. The predicted octanol–water partition coefficient (Wildman–Crippen LogP) is 4.33. The van der Waals surface area contributed by atoms with Crippen LogP contribution in [0.25, 0.3) is 22.2 Å². The first-order chi connectivity index (χ1) is 17.6. The summed E-state index contributed by atoms with van der Waals surface area (Å²) in [6.07, 6.45) is 0.562. The summed E-state index contributed by atoms with van der Waals surface area (Å²) in [6.45, 7) is 3.16. The molecule has 4 aromatic rings. The van der Waals surface area contributed by atoms with Gasteiger partial charge in [0.1, 0.15) is 30.2 Å². The third-order valence-electron chi connectivity index (χ3n) is 5.91. The zero-order valence-electron chi connectivity index (χ0n) is 20.8. The summed E-state index contributed by atoms with van der Waals surface area (Å²) < 4.78 is 33.7. The lowest BCUT2D eigenvalue weighted by atomic mass is 9.95. The SMILES string of the molecule is Cc1c(Cl)cc(CCn2nc(C)c3c(N)ncnc32)c(OCC(F)F)c1-c1ccc(C(=O)N(C)C)nc1. The van der Waals surface area contributed by atoms with Gasteiger partial charge in [-0.2, -0.15) is 5.10 Å². The van der Waals surface area contributed by atoms with Crippen molar-refractivity contribution in [2.45, 2.75) is 33.2 Å². The molecule has 0 radical (unpaired) electrons.